The average Bonchev–Trinajstić information content (AvgIpc) is 2.61. The second-order valence-corrected chi connectivity index (χ2v) is 7.70. The quantitative estimate of drug-likeness (QED) is 0.564. The Morgan fingerprint density at radius 2 is 1.57 bits per heavy atom. The molecule has 0 aliphatic heterocycles. The van der Waals surface area contributed by atoms with Crippen LogP contribution in [0.4, 0.5) is 0 Å². The average molecular weight is 403 g/mol. The molecule has 0 aromatic heterocycles. The first-order valence-electron chi connectivity index (χ1n) is 8.39. The summed E-state index contributed by atoms with van der Waals surface area (Å²) in [5, 5.41) is 1.01. The molecule has 0 heterocycles. The van der Waals surface area contributed by atoms with Crippen LogP contribution in [0, 0.1) is 6.92 Å². The van der Waals surface area contributed by atoms with E-state index in [-0.39, 0.29) is 18.0 Å². The number of ether oxygens (including phenoxy) is 2. The van der Waals surface area contributed by atoms with Gasteiger partial charge in [-0.1, -0.05) is 35.9 Å². The Bertz CT molecular complexity index is 994. The van der Waals surface area contributed by atoms with Gasteiger partial charge in [-0.15, -0.1) is 0 Å². The van der Waals surface area contributed by atoms with Crippen LogP contribution in [0.3, 0.4) is 0 Å². The number of rotatable bonds is 7. The zero-order chi connectivity index (χ0) is 20.7. The largest absolute Gasteiger partial charge is 0.423 e. The van der Waals surface area contributed by atoms with E-state index in [0.717, 1.165) is 16.5 Å². The van der Waals surface area contributed by atoms with E-state index in [9.17, 15) is 18.0 Å². The van der Waals surface area contributed by atoms with Gasteiger partial charge in [0.15, 0.2) is 11.5 Å². The molecule has 0 fully saturated rings. The predicted molar refractivity (Wildman–Crippen MR) is 105 cm³/mol. The van der Waals surface area contributed by atoms with Gasteiger partial charge in [-0.05, 0) is 36.3 Å². The molecule has 0 aliphatic rings. The molecule has 1 N–H and O–H groups in total. The first-order chi connectivity index (χ1) is 13.1. The molecule has 0 amide bonds. The van der Waals surface area contributed by atoms with E-state index in [0.29, 0.717) is 5.56 Å². The van der Waals surface area contributed by atoms with Gasteiger partial charge in [-0.3, -0.25) is 9.59 Å². The molecule has 0 saturated heterocycles. The lowest BCUT2D eigenvalue weighted by Gasteiger charge is -2.09. The topological polar surface area (TPSA) is 98.8 Å². The van der Waals surface area contributed by atoms with Gasteiger partial charge in [0.05, 0.1) is 0 Å². The molecule has 0 atom stereocenters. The van der Waals surface area contributed by atoms with Crippen molar-refractivity contribution in [2.75, 3.05) is 0 Å². The molecule has 0 aliphatic carbocycles. The summed E-state index contributed by atoms with van der Waals surface area (Å²) in [5.74, 6) is -1.07. The molecule has 28 heavy (non-hydrogen) atoms. The number of hydrogen-bond donors (Lipinski definition) is 1. The zero-order valence-corrected chi connectivity index (χ0v) is 16.6. The third-order valence-electron chi connectivity index (χ3n) is 3.51. The molecule has 8 heteroatoms. The summed E-state index contributed by atoms with van der Waals surface area (Å²) in [6.45, 7) is 4.54. The molecule has 0 saturated carbocycles. The van der Waals surface area contributed by atoms with Crippen molar-refractivity contribution in [2.45, 2.75) is 27.3 Å². The van der Waals surface area contributed by atoms with Crippen molar-refractivity contribution >= 4 is 28.0 Å². The smallest absolute Gasteiger partial charge is 0.308 e. The lowest BCUT2D eigenvalue weighted by molar-refractivity contribution is -0.134. The monoisotopic (exact) mass is 403 g/mol. The Balaban J connectivity index is 2.13. The van der Waals surface area contributed by atoms with Crippen LogP contribution in [0.5, 0.6) is 11.5 Å². The van der Waals surface area contributed by atoms with E-state index in [2.05, 4.69) is 4.72 Å². The summed E-state index contributed by atoms with van der Waals surface area (Å²) in [5.41, 5.74) is 2.38. The van der Waals surface area contributed by atoms with Crippen molar-refractivity contribution in [2.24, 2.45) is 0 Å². The van der Waals surface area contributed by atoms with Crippen LogP contribution in [0.15, 0.2) is 47.9 Å². The molecule has 0 spiro atoms. The molecule has 2 rings (SSSR count). The third-order valence-corrected chi connectivity index (χ3v) is 4.55. The van der Waals surface area contributed by atoms with E-state index in [1.807, 2.05) is 31.2 Å². The highest BCUT2D eigenvalue weighted by atomic mass is 32.2. The standard InChI is InChI=1S/C20H21NO6S/c1-14-4-6-18(7-5-14)13-21-28(24,25)11-10-17-8-9-19(26-15(2)22)20(12-17)27-16(3)23/h4-12,21H,13H2,1-3H3/b11-10+. The van der Waals surface area contributed by atoms with Crippen molar-refractivity contribution in [1.29, 1.82) is 0 Å². The minimum absolute atomic E-state index is 0.0230. The number of aryl methyl sites for hydroxylation is 1. The van der Waals surface area contributed by atoms with Crippen LogP contribution in [0.25, 0.3) is 6.08 Å². The predicted octanol–water partition coefficient (Wildman–Crippen LogP) is 2.94. The molecule has 148 valence electrons. The van der Waals surface area contributed by atoms with E-state index >= 15 is 0 Å². The van der Waals surface area contributed by atoms with Gasteiger partial charge in [0.2, 0.25) is 10.0 Å². The van der Waals surface area contributed by atoms with Crippen molar-refractivity contribution in [3.8, 4) is 11.5 Å². The summed E-state index contributed by atoms with van der Waals surface area (Å²) < 4.78 is 36.8. The fraction of sp³-hybridized carbons (Fsp3) is 0.200. The van der Waals surface area contributed by atoms with E-state index in [4.69, 9.17) is 9.47 Å². The van der Waals surface area contributed by atoms with Crippen molar-refractivity contribution in [1.82, 2.24) is 4.72 Å². The second kappa shape index (κ2) is 9.29. The molecule has 0 radical (unpaired) electrons. The number of sulfonamides is 1. The van der Waals surface area contributed by atoms with Crippen LogP contribution in [-0.2, 0) is 26.2 Å². The van der Waals surface area contributed by atoms with Gasteiger partial charge in [0.25, 0.3) is 0 Å². The highest BCUT2D eigenvalue weighted by Crippen LogP contribution is 2.29. The Hall–Kier alpha value is -2.97. The van der Waals surface area contributed by atoms with Crippen LogP contribution < -0.4 is 14.2 Å². The fourth-order valence-electron chi connectivity index (χ4n) is 2.21. The van der Waals surface area contributed by atoms with E-state index < -0.39 is 22.0 Å². The molecular formula is C20H21NO6S. The lowest BCUT2D eigenvalue weighted by atomic mass is 10.2. The van der Waals surface area contributed by atoms with Gasteiger partial charge in [0.1, 0.15) is 0 Å². The summed E-state index contributed by atoms with van der Waals surface area (Å²) in [6.07, 6.45) is 1.35. The van der Waals surface area contributed by atoms with Crippen molar-refractivity contribution in [3.05, 3.63) is 64.6 Å². The third kappa shape index (κ3) is 6.98. The molecule has 0 unspecified atom stereocenters. The van der Waals surface area contributed by atoms with Crippen LogP contribution >= 0.6 is 0 Å². The highest BCUT2D eigenvalue weighted by molar-refractivity contribution is 7.92. The molecular weight excluding hydrogens is 382 g/mol. The number of carbonyl (C=O) groups is 2. The highest BCUT2D eigenvalue weighted by Gasteiger charge is 2.11. The molecule has 7 nitrogen and oxygen atoms in total. The first kappa shape index (κ1) is 21.3. The minimum atomic E-state index is -3.68. The zero-order valence-electron chi connectivity index (χ0n) is 15.8. The van der Waals surface area contributed by atoms with Crippen LogP contribution in [0.1, 0.15) is 30.5 Å². The number of nitrogens with one attached hydrogen (secondary N) is 1. The normalized spacial score (nSPS) is 11.4. The number of carbonyl (C=O) groups excluding carboxylic acids is 2. The summed E-state index contributed by atoms with van der Waals surface area (Å²) in [7, 11) is -3.68. The maximum atomic E-state index is 12.2. The fourth-order valence-corrected chi connectivity index (χ4v) is 3.01. The Kier molecular flexibility index (Phi) is 7.08. The second-order valence-electron chi connectivity index (χ2n) is 6.05. The van der Waals surface area contributed by atoms with Gasteiger partial charge < -0.3 is 9.47 Å². The maximum absolute atomic E-state index is 12.2. The molecule has 2 aromatic rings. The van der Waals surface area contributed by atoms with Crippen LogP contribution in [0.2, 0.25) is 0 Å². The van der Waals surface area contributed by atoms with Gasteiger partial charge in [-0.2, -0.15) is 0 Å². The van der Waals surface area contributed by atoms with Gasteiger partial charge in [0, 0.05) is 25.8 Å². The Morgan fingerprint density at radius 1 is 0.964 bits per heavy atom. The van der Waals surface area contributed by atoms with E-state index in [1.165, 1.54) is 38.1 Å². The Labute approximate surface area is 164 Å². The van der Waals surface area contributed by atoms with Gasteiger partial charge in [-0.25, -0.2) is 13.1 Å². The maximum Gasteiger partial charge on any atom is 0.308 e. The summed E-state index contributed by atoms with van der Waals surface area (Å²) >= 11 is 0. The number of hydrogen-bond acceptors (Lipinski definition) is 6. The first-order valence-corrected chi connectivity index (χ1v) is 9.93. The van der Waals surface area contributed by atoms with E-state index in [1.54, 1.807) is 0 Å². The summed E-state index contributed by atoms with van der Waals surface area (Å²) in [6, 6.07) is 11.9. The van der Waals surface area contributed by atoms with Crippen molar-refractivity contribution in [3.63, 3.8) is 0 Å². The van der Waals surface area contributed by atoms with Crippen molar-refractivity contribution < 1.29 is 27.5 Å². The minimum Gasteiger partial charge on any atom is -0.423 e. The number of esters is 2. The Morgan fingerprint density at radius 3 is 2.18 bits per heavy atom. The molecule has 0 bridgehead atoms. The SMILES string of the molecule is CC(=O)Oc1ccc(/C=C/S(=O)(=O)NCc2ccc(C)cc2)cc1OC(C)=O. The lowest BCUT2D eigenvalue weighted by Crippen LogP contribution is -2.20. The molecule has 2 aromatic carbocycles. The summed E-state index contributed by atoms with van der Waals surface area (Å²) in [4.78, 5) is 22.4. The number of benzene rings is 2. The van der Waals surface area contributed by atoms with Crippen LogP contribution in [-0.4, -0.2) is 20.4 Å². The van der Waals surface area contributed by atoms with Gasteiger partial charge >= 0.3 is 11.9 Å².